The first-order valence-corrected chi connectivity index (χ1v) is 11.9. The van der Waals surface area contributed by atoms with Gasteiger partial charge in [-0.25, -0.2) is 9.37 Å². The zero-order chi connectivity index (χ0) is 25.4. The first-order chi connectivity index (χ1) is 18.0. The number of nitrogens with zero attached hydrogens (tertiary/aromatic N) is 5. The van der Waals surface area contributed by atoms with Gasteiger partial charge in [-0.2, -0.15) is 5.10 Å². The van der Waals surface area contributed by atoms with Crippen molar-refractivity contribution in [2.24, 2.45) is 0 Å². The normalized spacial score (nSPS) is 11.6. The Bertz CT molecular complexity index is 1710. The highest BCUT2D eigenvalue weighted by Gasteiger charge is 2.15. The van der Waals surface area contributed by atoms with Crippen LogP contribution in [-0.4, -0.2) is 62.3 Å². The molecule has 0 bridgehead atoms. The zero-order valence-corrected chi connectivity index (χ0v) is 20.4. The smallest absolute Gasteiger partial charge is 0.181 e. The molecule has 1 aromatic carbocycles. The number of H-pyrrole nitrogens is 2. The Morgan fingerprint density at radius 2 is 1.73 bits per heavy atom. The van der Waals surface area contributed by atoms with Crippen molar-refractivity contribution in [3.8, 4) is 39.5 Å². The minimum Gasteiger partial charge on any atom is -0.491 e. The van der Waals surface area contributed by atoms with Gasteiger partial charge in [0.1, 0.15) is 18.2 Å². The molecule has 6 aromatic rings. The Labute approximate surface area is 212 Å². The Hall–Kier alpha value is -4.63. The molecule has 5 aromatic heterocycles. The number of halogens is 1. The first kappa shape index (κ1) is 22.8. The summed E-state index contributed by atoms with van der Waals surface area (Å²) in [5.41, 5.74) is 6.64. The van der Waals surface area contributed by atoms with Crippen molar-refractivity contribution in [3.05, 3.63) is 79.1 Å². The first-order valence-electron chi connectivity index (χ1n) is 11.9. The Morgan fingerprint density at radius 1 is 0.892 bits per heavy atom. The number of rotatable bonds is 7. The molecule has 0 spiro atoms. The van der Waals surface area contributed by atoms with Gasteiger partial charge in [-0.1, -0.05) is 0 Å². The van der Waals surface area contributed by atoms with Crippen molar-refractivity contribution in [2.75, 3.05) is 27.2 Å². The van der Waals surface area contributed by atoms with Crippen molar-refractivity contribution >= 4 is 21.9 Å². The van der Waals surface area contributed by atoms with E-state index < -0.39 is 0 Å². The van der Waals surface area contributed by atoms with Crippen LogP contribution in [-0.2, 0) is 0 Å². The summed E-state index contributed by atoms with van der Waals surface area (Å²) < 4.78 is 19.3. The Balaban J connectivity index is 1.37. The molecular formula is C28H24FN7O. The average molecular weight is 494 g/mol. The quantitative estimate of drug-likeness (QED) is 0.313. The minimum atomic E-state index is -0.279. The lowest BCUT2D eigenvalue weighted by Gasteiger charge is -2.11. The number of fused-ring (bicyclic) bond motifs is 2. The lowest BCUT2D eigenvalue weighted by molar-refractivity contribution is 0.261. The van der Waals surface area contributed by atoms with Crippen molar-refractivity contribution in [1.29, 1.82) is 0 Å². The van der Waals surface area contributed by atoms with Crippen LogP contribution in [0.3, 0.4) is 0 Å². The van der Waals surface area contributed by atoms with E-state index in [4.69, 9.17) is 4.74 Å². The van der Waals surface area contributed by atoms with E-state index in [1.54, 1.807) is 36.9 Å². The van der Waals surface area contributed by atoms with Gasteiger partial charge < -0.3 is 14.6 Å². The fourth-order valence-electron chi connectivity index (χ4n) is 4.29. The summed E-state index contributed by atoms with van der Waals surface area (Å²) >= 11 is 0. The topological polar surface area (TPSA) is 95.6 Å². The molecule has 8 nitrogen and oxygen atoms in total. The largest absolute Gasteiger partial charge is 0.491 e. The molecule has 184 valence electrons. The summed E-state index contributed by atoms with van der Waals surface area (Å²) in [6.07, 6.45) is 7.04. The number of benzene rings is 1. The van der Waals surface area contributed by atoms with Gasteiger partial charge >= 0.3 is 0 Å². The summed E-state index contributed by atoms with van der Waals surface area (Å²) in [7, 11) is 4.02. The summed E-state index contributed by atoms with van der Waals surface area (Å²) in [5, 5.41) is 9.34. The van der Waals surface area contributed by atoms with Crippen LogP contribution in [0, 0.1) is 5.82 Å². The van der Waals surface area contributed by atoms with Gasteiger partial charge in [-0.05, 0) is 62.6 Å². The molecule has 0 unspecified atom stereocenters. The molecule has 0 saturated heterocycles. The molecule has 0 aliphatic heterocycles. The summed E-state index contributed by atoms with van der Waals surface area (Å²) in [6, 6.07) is 14.3. The van der Waals surface area contributed by atoms with Crippen molar-refractivity contribution in [2.45, 2.75) is 0 Å². The number of hydrogen-bond acceptors (Lipinski definition) is 6. The predicted molar refractivity (Wildman–Crippen MR) is 142 cm³/mol. The molecule has 5 heterocycles. The van der Waals surface area contributed by atoms with Crippen LogP contribution in [0.2, 0.25) is 0 Å². The standard InChI is InChI=1S/C28H24FN7O/c1-36(2)9-10-37-21-11-18(14-30-16-21)19-12-23-27(34-35-28(23)32-15-19)25-13-22-24(33-25)7-8-31-26(22)17-3-5-20(29)6-4-17/h3-8,11-16,33H,9-10H2,1-2H3,(H,32,34,35). The van der Waals surface area contributed by atoms with Gasteiger partial charge in [-0.3, -0.25) is 15.1 Å². The number of nitrogens with one attached hydrogen (secondary N) is 2. The van der Waals surface area contributed by atoms with Crippen LogP contribution in [0.25, 0.3) is 55.7 Å². The third-order valence-electron chi connectivity index (χ3n) is 6.20. The fraction of sp³-hybridized carbons (Fsp3) is 0.143. The van der Waals surface area contributed by atoms with Gasteiger partial charge in [0, 0.05) is 58.1 Å². The third-order valence-corrected chi connectivity index (χ3v) is 6.20. The van der Waals surface area contributed by atoms with Crippen LogP contribution in [0.15, 0.2) is 73.3 Å². The monoisotopic (exact) mass is 493 g/mol. The molecule has 0 saturated carbocycles. The molecule has 0 radical (unpaired) electrons. The second-order valence-corrected chi connectivity index (χ2v) is 9.07. The van der Waals surface area contributed by atoms with Crippen molar-refractivity contribution in [3.63, 3.8) is 0 Å². The number of aromatic nitrogens is 6. The maximum Gasteiger partial charge on any atom is 0.181 e. The average Bonchev–Trinajstić information content (AvgIpc) is 3.53. The van der Waals surface area contributed by atoms with E-state index in [-0.39, 0.29) is 5.82 Å². The predicted octanol–water partition coefficient (Wildman–Crippen LogP) is 5.31. The maximum atomic E-state index is 13.5. The van der Waals surface area contributed by atoms with Crippen molar-refractivity contribution < 1.29 is 9.13 Å². The van der Waals surface area contributed by atoms with Crippen LogP contribution in [0.4, 0.5) is 4.39 Å². The van der Waals surface area contributed by atoms with Gasteiger partial charge in [0.05, 0.1) is 23.3 Å². The van der Waals surface area contributed by atoms with E-state index in [0.717, 1.165) is 56.6 Å². The lowest BCUT2D eigenvalue weighted by atomic mass is 10.1. The number of pyridine rings is 3. The van der Waals surface area contributed by atoms with E-state index in [9.17, 15) is 4.39 Å². The summed E-state index contributed by atoms with van der Waals surface area (Å²) in [5.74, 6) is 0.432. The Morgan fingerprint density at radius 3 is 2.57 bits per heavy atom. The zero-order valence-electron chi connectivity index (χ0n) is 20.4. The Kier molecular flexibility index (Phi) is 5.82. The molecule has 0 amide bonds. The fourth-order valence-corrected chi connectivity index (χ4v) is 4.29. The van der Waals surface area contributed by atoms with E-state index in [2.05, 4.69) is 35.0 Å². The second kappa shape index (κ2) is 9.44. The molecule has 0 aliphatic carbocycles. The summed E-state index contributed by atoms with van der Waals surface area (Å²) in [4.78, 5) is 19.0. The molecule has 9 heteroatoms. The SMILES string of the molecule is CN(C)CCOc1cncc(-c2cnc3n[nH]c(-c4cc5c(-c6ccc(F)cc6)nccc5[nH]4)c3c2)c1. The number of ether oxygens (including phenoxy) is 1. The van der Waals surface area contributed by atoms with Crippen molar-refractivity contribution in [1.82, 2.24) is 35.0 Å². The highest BCUT2D eigenvalue weighted by atomic mass is 19.1. The minimum absolute atomic E-state index is 0.279. The molecule has 6 rings (SSSR count). The lowest BCUT2D eigenvalue weighted by Crippen LogP contribution is -2.19. The van der Waals surface area contributed by atoms with Crippen LogP contribution in [0.5, 0.6) is 5.75 Å². The van der Waals surface area contributed by atoms with E-state index in [1.807, 2.05) is 38.4 Å². The van der Waals surface area contributed by atoms with Gasteiger partial charge in [-0.15, -0.1) is 0 Å². The second-order valence-electron chi connectivity index (χ2n) is 9.07. The highest BCUT2D eigenvalue weighted by Crippen LogP contribution is 2.34. The molecule has 0 aliphatic rings. The van der Waals surface area contributed by atoms with E-state index in [1.165, 1.54) is 12.1 Å². The van der Waals surface area contributed by atoms with Crippen LogP contribution in [0.1, 0.15) is 0 Å². The molecule has 2 N–H and O–H groups in total. The molecule has 37 heavy (non-hydrogen) atoms. The maximum absolute atomic E-state index is 13.5. The number of aromatic amines is 2. The molecular weight excluding hydrogens is 469 g/mol. The van der Waals surface area contributed by atoms with E-state index in [0.29, 0.717) is 18.0 Å². The van der Waals surface area contributed by atoms with Crippen LogP contribution < -0.4 is 4.74 Å². The van der Waals surface area contributed by atoms with Gasteiger partial charge in [0.2, 0.25) is 0 Å². The van der Waals surface area contributed by atoms with Gasteiger partial charge in [0.15, 0.2) is 5.65 Å². The van der Waals surface area contributed by atoms with E-state index >= 15 is 0 Å². The van der Waals surface area contributed by atoms with Crippen LogP contribution >= 0.6 is 0 Å². The number of likely N-dealkylation sites (N-methyl/N-ethyl adjacent to an activating group) is 1. The summed E-state index contributed by atoms with van der Waals surface area (Å²) in [6.45, 7) is 1.40. The molecule has 0 fully saturated rings. The highest BCUT2D eigenvalue weighted by molar-refractivity contribution is 5.99. The number of hydrogen-bond donors (Lipinski definition) is 2. The molecule has 0 atom stereocenters. The van der Waals surface area contributed by atoms with Gasteiger partial charge in [0.25, 0.3) is 0 Å². The third kappa shape index (κ3) is 4.52.